The van der Waals surface area contributed by atoms with Crippen molar-refractivity contribution in [3.8, 4) is 0 Å². The lowest BCUT2D eigenvalue weighted by atomic mass is 9.94. The minimum Gasteiger partial charge on any atom is -0.373 e. The Labute approximate surface area is 153 Å². The van der Waals surface area contributed by atoms with E-state index in [-0.39, 0.29) is 29.2 Å². The van der Waals surface area contributed by atoms with Crippen LogP contribution in [-0.4, -0.2) is 42.4 Å². The van der Waals surface area contributed by atoms with Crippen molar-refractivity contribution in [2.75, 3.05) is 13.2 Å². The predicted molar refractivity (Wildman–Crippen MR) is 98.6 cm³/mol. The van der Waals surface area contributed by atoms with Crippen molar-refractivity contribution in [3.63, 3.8) is 0 Å². The van der Waals surface area contributed by atoms with Crippen molar-refractivity contribution in [3.05, 3.63) is 0 Å². The molecule has 3 fully saturated rings. The van der Waals surface area contributed by atoms with Gasteiger partial charge in [0.2, 0.25) is 0 Å². The van der Waals surface area contributed by atoms with Gasteiger partial charge in [0.15, 0.2) is 5.79 Å². The molecule has 1 saturated heterocycles. The Balaban J connectivity index is 1.65. The summed E-state index contributed by atoms with van der Waals surface area (Å²) in [6.45, 7) is 14.1. The van der Waals surface area contributed by atoms with E-state index in [1.807, 2.05) is 0 Å². The Morgan fingerprint density at radius 1 is 0.920 bits per heavy atom. The fraction of sp³-hybridized carbons (Fsp3) is 1.00. The maximum Gasteiger partial charge on any atom is 0.172 e. The highest BCUT2D eigenvalue weighted by Gasteiger charge is 2.62. The molecule has 1 spiro atoms. The molecule has 0 aromatic heterocycles. The van der Waals surface area contributed by atoms with Crippen molar-refractivity contribution in [1.82, 2.24) is 0 Å². The van der Waals surface area contributed by atoms with E-state index in [0.29, 0.717) is 19.1 Å². The second-order valence-electron chi connectivity index (χ2n) is 9.47. The Morgan fingerprint density at radius 2 is 1.44 bits per heavy atom. The maximum atomic E-state index is 6.57. The van der Waals surface area contributed by atoms with Crippen LogP contribution in [0.5, 0.6) is 0 Å². The van der Waals surface area contributed by atoms with Crippen molar-refractivity contribution in [1.29, 1.82) is 0 Å². The van der Waals surface area contributed by atoms with Crippen molar-refractivity contribution < 1.29 is 18.9 Å². The molecule has 0 unspecified atom stereocenters. The second kappa shape index (κ2) is 7.10. The number of fused-ring (bicyclic) bond motifs is 2. The molecule has 2 saturated carbocycles. The molecule has 0 aromatic carbocycles. The van der Waals surface area contributed by atoms with Crippen LogP contribution >= 0.6 is 0 Å². The van der Waals surface area contributed by atoms with Crippen LogP contribution < -0.4 is 0 Å². The highest BCUT2D eigenvalue weighted by Crippen LogP contribution is 2.59. The summed E-state index contributed by atoms with van der Waals surface area (Å²) in [6, 6.07) is 0. The molecule has 1 aliphatic heterocycles. The zero-order valence-corrected chi connectivity index (χ0v) is 17.1. The molecule has 0 aromatic rings. The summed E-state index contributed by atoms with van der Waals surface area (Å²) in [4.78, 5) is 0. The third kappa shape index (κ3) is 4.40. The third-order valence-corrected chi connectivity index (χ3v) is 6.68. The molecule has 0 bridgehead atoms. The summed E-state index contributed by atoms with van der Waals surface area (Å²) >= 11 is 0. The molecule has 146 valence electrons. The van der Waals surface area contributed by atoms with Gasteiger partial charge in [0.1, 0.15) is 12.2 Å². The summed E-state index contributed by atoms with van der Waals surface area (Å²) in [5, 5.41) is 0. The van der Waals surface area contributed by atoms with Crippen LogP contribution in [0.25, 0.3) is 0 Å². The number of ether oxygens (including phenoxy) is 4. The molecule has 0 radical (unpaired) electrons. The molecule has 2 aliphatic carbocycles. The van der Waals surface area contributed by atoms with Crippen LogP contribution in [0.2, 0.25) is 0 Å². The lowest BCUT2D eigenvalue weighted by Crippen LogP contribution is -2.38. The van der Waals surface area contributed by atoms with Crippen LogP contribution in [0.4, 0.5) is 0 Å². The summed E-state index contributed by atoms with van der Waals surface area (Å²) < 4.78 is 25.5. The van der Waals surface area contributed by atoms with Crippen LogP contribution in [0.15, 0.2) is 0 Å². The molecular weight excluding hydrogens is 316 g/mol. The van der Waals surface area contributed by atoms with E-state index in [4.69, 9.17) is 18.9 Å². The van der Waals surface area contributed by atoms with Crippen LogP contribution in [0.1, 0.15) is 80.1 Å². The van der Waals surface area contributed by atoms with Gasteiger partial charge in [-0.2, -0.15) is 0 Å². The number of rotatable bonds is 8. The van der Waals surface area contributed by atoms with Gasteiger partial charge >= 0.3 is 0 Å². The van der Waals surface area contributed by atoms with Gasteiger partial charge in [-0.25, -0.2) is 0 Å². The van der Waals surface area contributed by atoms with Crippen molar-refractivity contribution in [2.45, 2.75) is 109 Å². The van der Waals surface area contributed by atoms with E-state index in [1.54, 1.807) is 0 Å². The largest absolute Gasteiger partial charge is 0.373 e. The first-order valence-corrected chi connectivity index (χ1v) is 10.3. The van der Waals surface area contributed by atoms with Crippen molar-refractivity contribution in [2.24, 2.45) is 11.8 Å². The monoisotopic (exact) mass is 354 g/mol. The highest BCUT2D eigenvalue weighted by molar-refractivity contribution is 5.04. The predicted octanol–water partition coefficient (Wildman–Crippen LogP) is 4.70. The fourth-order valence-electron chi connectivity index (χ4n) is 3.99. The minimum absolute atomic E-state index is 0.0298. The molecule has 1 heterocycles. The standard InChI is InChI=1S/C21H38O4/c1-7-19(3,4)22-13-17-18(14-23-20(5,6)8-2)25-21(24-17)11-9-10-15-12-16(15)21/h15-18H,7-14H2,1-6H3/t15-,16+,17-,18-/m0/s1. The maximum absolute atomic E-state index is 6.57. The average Bonchev–Trinajstić information content (AvgIpc) is 3.29. The van der Waals surface area contributed by atoms with Gasteiger partial charge in [0, 0.05) is 12.3 Å². The Kier molecular flexibility index (Phi) is 5.57. The smallest absolute Gasteiger partial charge is 0.172 e. The van der Waals surface area contributed by atoms with Gasteiger partial charge in [-0.3, -0.25) is 0 Å². The summed E-state index contributed by atoms with van der Waals surface area (Å²) in [7, 11) is 0. The van der Waals surface area contributed by atoms with Gasteiger partial charge in [-0.15, -0.1) is 0 Å². The van der Waals surface area contributed by atoms with E-state index in [1.165, 1.54) is 19.3 Å². The zero-order valence-electron chi connectivity index (χ0n) is 17.1. The lowest BCUT2D eigenvalue weighted by Gasteiger charge is -2.32. The van der Waals surface area contributed by atoms with Gasteiger partial charge in [-0.1, -0.05) is 13.8 Å². The lowest BCUT2D eigenvalue weighted by molar-refractivity contribution is -0.214. The summed E-state index contributed by atoms with van der Waals surface area (Å²) in [5.41, 5.74) is -0.246. The van der Waals surface area contributed by atoms with Gasteiger partial charge in [0.05, 0.1) is 24.4 Å². The molecule has 4 nitrogen and oxygen atoms in total. The normalized spacial score (nSPS) is 34.3. The van der Waals surface area contributed by atoms with Crippen molar-refractivity contribution >= 4 is 0 Å². The third-order valence-electron chi connectivity index (χ3n) is 6.68. The van der Waals surface area contributed by atoms with Crippen LogP contribution in [0.3, 0.4) is 0 Å². The van der Waals surface area contributed by atoms with E-state index in [0.717, 1.165) is 25.2 Å². The SMILES string of the molecule is CCC(C)(C)OC[C@@H]1OC2(CCC[C@H]3C[C@H]32)O[C@H]1COC(C)(C)CC. The first kappa shape index (κ1) is 19.6. The summed E-state index contributed by atoms with van der Waals surface area (Å²) in [5.74, 6) is 1.04. The minimum atomic E-state index is -0.363. The number of hydrogen-bond donors (Lipinski definition) is 0. The highest BCUT2D eigenvalue weighted by atomic mass is 16.8. The molecule has 4 heteroatoms. The molecule has 3 rings (SSSR count). The first-order valence-electron chi connectivity index (χ1n) is 10.3. The molecule has 0 N–H and O–H groups in total. The Bertz CT molecular complexity index is 431. The van der Waals surface area contributed by atoms with Crippen LogP contribution in [-0.2, 0) is 18.9 Å². The van der Waals surface area contributed by atoms with Crippen LogP contribution in [0, 0.1) is 11.8 Å². The molecule has 4 atom stereocenters. The molecule has 3 aliphatic rings. The quantitative estimate of drug-likeness (QED) is 0.633. The number of hydrogen-bond acceptors (Lipinski definition) is 4. The molecule has 0 amide bonds. The topological polar surface area (TPSA) is 36.9 Å². The molecule has 25 heavy (non-hydrogen) atoms. The van der Waals surface area contributed by atoms with E-state index >= 15 is 0 Å². The Hall–Kier alpha value is -0.160. The van der Waals surface area contributed by atoms with E-state index < -0.39 is 0 Å². The van der Waals surface area contributed by atoms with Gasteiger partial charge < -0.3 is 18.9 Å². The average molecular weight is 355 g/mol. The molecular formula is C21H38O4. The Morgan fingerprint density at radius 3 is 1.92 bits per heavy atom. The van der Waals surface area contributed by atoms with Gasteiger partial charge in [-0.05, 0) is 65.7 Å². The first-order chi connectivity index (χ1) is 11.7. The zero-order chi connectivity index (χ0) is 18.3. The van der Waals surface area contributed by atoms with E-state index in [2.05, 4.69) is 41.5 Å². The fourth-order valence-corrected chi connectivity index (χ4v) is 3.99. The summed E-state index contributed by atoms with van der Waals surface area (Å²) in [6.07, 6.45) is 6.75. The second-order valence-corrected chi connectivity index (χ2v) is 9.47. The van der Waals surface area contributed by atoms with E-state index in [9.17, 15) is 0 Å². The van der Waals surface area contributed by atoms with Gasteiger partial charge in [0.25, 0.3) is 0 Å².